The van der Waals surface area contributed by atoms with E-state index in [9.17, 15) is 9.59 Å². The van der Waals surface area contributed by atoms with E-state index in [0.29, 0.717) is 13.0 Å². The van der Waals surface area contributed by atoms with Gasteiger partial charge in [0.1, 0.15) is 6.04 Å². The second-order valence-electron chi connectivity index (χ2n) is 2.88. The third-order valence-corrected chi connectivity index (χ3v) is 1.91. The zero-order valence-corrected chi connectivity index (χ0v) is 7.90. The minimum absolute atomic E-state index is 0.206. The van der Waals surface area contributed by atoms with Crippen LogP contribution in [0.15, 0.2) is 17.2 Å². The second kappa shape index (κ2) is 4.61. The number of nitrogens with zero attached hydrogens (tertiary/aromatic N) is 1. The number of carbonyl (C=O) groups is 1. The van der Waals surface area contributed by atoms with Crippen LogP contribution in [0.1, 0.15) is 6.42 Å². The van der Waals surface area contributed by atoms with Gasteiger partial charge in [-0.2, -0.15) is 0 Å². The van der Waals surface area contributed by atoms with E-state index in [1.165, 1.54) is 17.9 Å². The monoisotopic (exact) mass is 199 g/mol. The van der Waals surface area contributed by atoms with E-state index >= 15 is 0 Å². The maximum absolute atomic E-state index is 11.0. The van der Waals surface area contributed by atoms with E-state index in [1.54, 1.807) is 6.20 Å². The Morgan fingerprint density at radius 3 is 3.00 bits per heavy atom. The predicted molar refractivity (Wildman–Crippen MR) is 49.7 cm³/mol. The summed E-state index contributed by atoms with van der Waals surface area (Å²) in [5.74, 6) is -0.464. The number of nitrogens with one attached hydrogen (secondary N) is 1. The first-order valence-corrected chi connectivity index (χ1v) is 4.22. The van der Waals surface area contributed by atoms with Gasteiger partial charge in [0.25, 0.3) is 0 Å². The number of methoxy groups -OCH3 is 1. The molecule has 6 heteroatoms. The molecule has 0 aliphatic carbocycles. The summed E-state index contributed by atoms with van der Waals surface area (Å²) >= 11 is 0. The molecule has 0 saturated carbocycles. The summed E-state index contributed by atoms with van der Waals surface area (Å²) in [6.45, 7) is 0.401. The molecular weight excluding hydrogens is 186 g/mol. The zero-order chi connectivity index (χ0) is 10.6. The van der Waals surface area contributed by atoms with Crippen LogP contribution in [-0.4, -0.2) is 28.7 Å². The molecule has 0 aromatic carbocycles. The first-order chi connectivity index (χ1) is 6.65. The fourth-order valence-electron chi connectivity index (χ4n) is 1.07. The van der Waals surface area contributed by atoms with Crippen molar-refractivity contribution in [2.45, 2.75) is 19.0 Å². The van der Waals surface area contributed by atoms with Gasteiger partial charge in [-0.1, -0.05) is 0 Å². The fourth-order valence-corrected chi connectivity index (χ4v) is 1.07. The van der Waals surface area contributed by atoms with Crippen LogP contribution >= 0.6 is 0 Å². The highest BCUT2D eigenvalue weighted by atomic mass is 16.5. The molecule has 0 saturated heterocycles. The van der Waals surface area contributed by atoms with Crippen LogP contribution in [-0.2, 0) is 16.1 Å². The largest absolute Gasteiger partial charge is 0.468 e. The number of nitrogens with two attached hydrogens (primary N) is 1. The molecule has 0 radical (unpaired) electrons. The Morgan fingerprint density at radius 2 is 2.50 bits per heavy atom. The molecule has 0 fully saturated rings. The Hall–Kier alpha value is -1.56. The summed E-state index contributed by atoms with van der Waals surface area (Å²) in [6, 6.07) is -0.679. The van der Waals surface area contributed by atoms with Crippen molar-refractivity contribution >= 4 is 5.97 Å². The first kappa shape index (κ1) is 10.5. The number of imidazole rings is 1. The van der Waals surface area contributed by atoms with E-state index in [-0.39, 0.29) is 5.69 Å². The van der Waals surface area contributed by atoms with Crippen LogP contribution in [0.4, 0.5) is 0 Å². The molecule has 1 aromatic heterocycles. The van der Waals surface area contributed by atoms with E-state index < -0.39 is 12.0 Å². The fraction of sp³-hybridized carbons (Fsp3) is 0.500. The van der Waals surface area contributed by atoms with Crippen LogP contribution in [0.2, 0.25) is 0 Å². The molecule has 78 valence electrons. The molecule has 0 spiro atoms. The molecular formula is C8H13N3O3. The van der Waals surface area contributed by atoms with Crippen molar-refractivity contribution in [3.8, 4) is 0 Å². The SMILES string of the molecule is COC(=O)C(N)CCn1cc[nH]c1=O. The van der Waals surface area contributed by atoms with Crippen molar-refractivity contribution in [3.05, 3.63) is 22.9 Å². The Balaban J connectivity index is 2.45. The molecule has 0 aliphatic rings. The third kappa shape index (κ3) is 2.46. The summed E-state index contributed by atoms with van der Waals surface area (Å²) < 4.78 is 5.90. The predicted octanol–water partition coefficient (Wildman–Crippen LogP) is -0.933. The smallest absolute Gasteiger partial charge is 0.325 e. The average molecular weight is 199 g/mol. The van der Waals surface area contributed by atoms with Crippen molar-refractivity contribution in [1.82, 2.24) is 9.55 Å². The zero-order valence-electron chi connectivity index (χ0n) is 7.90. The molecule has 0 aliphatic heterocycles. The van der Waals surface area contributed by atoms with E-state index in [0.717, 1.165) is 0 Å². The Morgan fingerprint density at radius 1 is 1.79 bits per heavy atom. The maximum Gasteiger partial charge on any atom is 0.325 e. The van der Waals surface area contributed by atoms with Crippen LogP contribution in [0, 0.1) is 0 Å². The summed E-state index contributed by atoms with van der Waals surface area (Å²) in [4.78, 5) is 24.4. The molecule has 1 rings (SSSR count). The number of hydrogen-bond acceptors (Lipinski definition) is 4. The van der Waals surface area contributed by atoms with Crippen molar-refractivity contribution in [2.24, 2.45) is 5.73 Å². The van der Waals surface area contributed by atoms with Crippen LogP contribution < -0.4 is 11.4 Å². The standard InChI is InChI=1S/C8H13N3O3/c1-14-7(12)6(9)2-4-11-5-3-10-8(11)13/h3,5-6H,2,4,9H2,1H3,(H,10,13). The van der Waals surface area contributed by atoms with E-state index in [4.69, 9.17) is 5.73 Å². The highest BCUT2D eigenvalue weighted by Gasteiger charge is 2.13. The Kier molecular flexibility index (Phi) is 3.47. The van der Waals surface area contributed by atoms with Gasteiger partial charge in [-0.05, 0) is 6.42 Å². The van der Waals surface area contributed by atoms with Gasteiger partial charge >= 0.3 is 11.7 Å². The summed E-state index contributed by atoms with van der Waals surface area (Å²) in [6.07, 6.45) is 3.52. The van der Waals surface area contributed by atoms with Gasteiger partial charge in [0.2, 0.25) is 0 Å². The molecule has 1 unspecified atom stereocenters. The Bertz CT molecular complexity index is 355. The number of aromatic amines is 1. The highest BCUT2D eigenvalue weighted by molar-refractivity contribution is 5.75. The van der Waals surface area contributed by atoms with Gasteiger partial charge in [-0.25, -0.2) is 4.79 Å². The minimum atomic E-state index is -0.679. The number of hydrogen-bond donors (Lipinski definition) is 2. The molecule has 3 N–H and O–H groups in total. The van der Waals surface area contributed by atoms with Crippen molar-refractivity contribution in [3.63, 3.8) is 0 Å². The normalized spacial score (nSPS) is 12.4. The lowest BCUT2D eigenvalue weighted by atomic mass is 10.2. The number of aryl methyl sites for hydroxylation is 1. The van der Waals surface area contributed by atoms with Crippen LogP contribution in [0.3, 0.4) is 0 Å². The van der Waals surface area contributed by atoms with Gasteiger partial charge < -0.3 is 15.5 Å². The minimum Gasteiger partial charge on any atom is -0.468 e. The van der Waals surface area contributed by atoms with E-state index in [1.807, 2.05) is 0 Å². The number of ether oxygens (including phenoxy) is 1. The second-order valence-corrected chi connectivity index (χ2v) is 2.88. The van der Waals surface area contributed by atoms with Gasteiger partial charge in [0.15, 0.2) is 0 Å². The topological polar surface area (TPSA) is 90.1 Å². The van der Waals surface area contributed by atoms with Gasteiger partial charge in [-0.3, -0.25) is 9.36 Å². The first-order valence-electron chi connectivity index (χ1n) is 4.22. The molecule has 1 heterocycles. The Labute approximate surface area is 80.7 Å². The summed E-state index contributed by atoms with van der Waals surface area (Å²) in [5.41, 5.74) is 5.29. The molecule has 1 atom stereocenters. The number of aromatic nitrogens is 2. The lowest BCUT2D eigenvalue weighted by Gasteiger charge is -2.08. The van der Waals surface area contributed by atoms with Crippen molar-refractivity contribution in [2.75, 3.05) is 7.11 Å². The van der Waals surface area contributed by atoms with Gasteiger partial charge in [0.05, 0.1) is 7.11 Å². The maximum atomic E-state index is 11.0. The average Bonchev–Trinajstić information content (AvgIpc) is 2.59. The number of H-pyrrole nitrogens is 1. The van der Waals surface area contributed by atoms with Crippen LogP contribution in [0.5, 0.6) is 0 Å². The lowest BCUT2D eigenvalue weighted by molar-refractivity contribution is -0.142. The molecule has 0 bridgehead atoms. The lowest BCUT2D eigenvalue weighted by Crippen LogP contribution is -2.33. The summed E-state index contributed by atoms with van der Waals surface area (Å²) in [7, 11) is 1.28. The molecule has 6 nitrogen and oxygen atoms in total. The molecule has 0 amide bonds. The number of carbonyl (C=O) groups excluding carboxylic acids is 1. The third-order valence-electron chi connectivity index (χ3n) is 1.91. The van der Waals surface area contributed by atoms with Crippen LogP contribution in [0.25, 0.3) is 0 Å². The number of rotatable bonds is 4. The quantitative estimate of drug-likeness (QED) is 0.613. The molecule has 1 aromatic rings. The van der Waals surface area contributed by atoms with Gasteiger partial charge in [0, 0.05) is 18.9 Å². The van der Waals surface area contributed by atoms with Crippen molar-refractivity contribution in [1.29, 1.82) is 0 Å². The molecule has 14 heavy (non-hydrogen) atoms. The van der Waals surface area contributed by atoms with Gasteiger partial charge in [-0.15, -0.1) is 0 Å². The number of esters is 1. The highest BCUT2D eigenvalue weighted by Crippen LogP contribution is 1.93. The van der Waals surface area contributed by atoms with Crippen molar-refractivity contribution < 1.29 is 9.53 Å². The van der Waals surface area contributed by atoms with E-state index in [2.05, 4.69) is 9.72 Å². The summed E-state index contributed by atoms with van der Waals surface area (Å²) in [5, 5.41) is 0.